The van der Waals surface area contributed by atoms with Crippen molar-refractivity contribution in [3.05, 3.63) is 35.3 Å². The number of amides is 1. The Morgan fingerprint density at radius 1 is 1.45 bits per heavy atom. The average molecular weight is 317 g/mol. The monoisotopic (exact) mass is 317 g/mol. The lowest BCUT2D eigenvalue weighted by Gasteiger charge is -2.16. The van der Waals surface area contributed by atoms with E-state index < -0.39 is 0 Å². The second-order valence-electron chi connectivity index (χ2n) is 4.80. The third-order valence-corrected chi connectivity index (χ3v) is 4.11. The number of carbonyl (C=O) groups excluding carboxylic acids is 1. The number of likely N-dealkylation sites (N-methyl/N-ethyl adjacent to an activating group) is 1. The number of nitrogens with zero attached hydrogens (tertiary/aromatic N) is 3. The molecule has 114 valence electrons. The molecule has 1 amide bonds. The van der Waals surface area contributed by atoms with Crippen LogP contribution in [-0.2, 0) is 4.74 Å². The highest BCUT2D eigenvalue weighted by Crippen LogP contribution is 2.29. The van der Waals surface area contributed by atoms with Gasteiger partial charge in [0.2, 0.25) is 0 Å². The summed E-state index contributed by atoms with van der Waals surface area (Å²) in [5, 5.41) is 7.60. The number of hydrogen-bond acceptors (Lipinski definition) is 6. The van der Waals surface area contributed by atoms with Crippen LogP contribution in [0.4, 0.5) is 0 Å². The Balaban J connectivity index is 1.90. The van der Waals surface area contributed by atoms with Crippen molar-refractivity contribution in [2.45, 2.75) is 0 Å². The van der Waals surface area contributed by atoms with Crippen LogP contribution in [0.25, 0.3) is 21.7 Å². The van der Waals surface area contributed by atoms with E-state index in [1.807, 2.05) is 11.4 Å². The number of aromatic nitrogens is 2. The molecule has 0 radical (unpaired) electrons. The van der Waals surface area contributed by atoms with Crippen LogP contribution in [0.15, 0.2) is 34.3 Å². The Kier molecular flexibility index (Phi) is 4.17. The predicted molar refractivity (Wildman–Crippen MR) is 84.0 cm³/mol. The van der Waals surface area contributed by atoms with Crippen molar-refractivity contribution in [3.63, 3.8) is 0 Å². The molecule has 0 aliphatic heterocycles. The zero-order valence-electron chi connectivity index (χ0n) is 12.3. The molecule has 0 saturated carbocycles. The Bertz CT molecular complexity index is 783. The lowest BCUT2D eigenvalue weighted by molar-refractivity contribution is 0.0744. The summed E-state index contributed by atoms with van der Waals surface area (Å²) >= 11 is 1.50. The number of fused-ring (bicyclic) bond motifs is 1. The van der Waals surface area contributed by atoms with E-state index in [2.05, 4.69) is 10.1 Å². The van der Waals surface area contributed by atoms with Gasteiger partial charge in [-0.15, -0.1) is 11.3 Å². The fraction of sp³-hybridized carbons (Fsp3) is 0.267. The summed E-state index contributed by atoms with van der Waals surface area (Å²) in [4.78, 5) is 18.2. The fourth-order valence-corrected chi connectivity index (χ4v) is 2.75. The van der Waals surface area contributed by atoms with E-state index in [1.165, 1.54) is 11.3 Å². The maximum atomic E-state index is 12.3. The fourth-order valence-electron chi connectivity index (χ4n) is 2.12. The van der Waals surface area contributed by atoms with Gasteiger partial charge in [0.05, 0.1) is 12.0 Å². The molecule has 0 aliphatic rings. The highest BCUT2D eigenvalue weighted by atomic mass is 32.1. The Morgan fingerprint density at radius 2 is 2.32 bits per heavy atom. The summed E-state index contributed by atoms with van der Waals surface area (Å²) in [6, 6.07) is 5.34. The van der Waals surface area contributed by atoms with Crippen LogP contribution in [0.5, 0.6) is 0 Å². The molecule has 2 heterocycles. The summed E-state index contributed by atoms with van der Waals surface area (Å²) in [6.07, 6.45) is 1.73. The zero-order chi connectivity index (χ0) is 15.5. The summed E-state index contributed by atoms with van der Waals surface area (Å²) < 4.78 is 10.3. The second-order valence-corrected chi connectivity index (χ2v) is 5.69. The van der Waals surface area contributed by atoms with E-state index in [9.17, 15) is 4.79 Å². The van der Waals surface area contributed by atoms with Crippen molar-refractivity contribution in [2.75, 3.05) is 27.3 Å². The van der Waals surface area contributed by atoms with Gasteiger partial charge in [0.25, 0.3) is 5.91 Å². The Labute approximate surface area is 131 Å². The van der Waals surface area contributed by atoms with Gasteiger partial charge < -0.3 is 14.2 Å². The minimum atomic E-state index is -0.0776. The maximum absolute atomic E-state index is 12.3. The van der Waals surface area contributed by atoms with Gasteiger partial charge in [-0.3, -0.25) is 4.79 Å². The highest BCUT2D eigenvalue weighted by Gasteiger charge is 2.16. The predicted octanol–water partition coefficient (Wildman–Crippen LogP) is 2.67. The van der Waals surface area contributed by atoms with Crippen molar-refractivity contribution in [2.24, 2.45) is 0 Å². The van der Waals surface area contributed by atoms with Crippen LogP contribution >= 0.6 is 11.3 Å². The Morgan fingerprint density at radius 3 is 3.05 bits per heavy atom. The first-order valence-electron chi connectivity index (χ1n) is 6.74. The van der Waals surface area contributed by atoms with Crippen LogP contribution in [0.2, 0.25) is 0 Å². The molecule has 3 aromatic rings. The van der Waals surface area contributed by atoms with Gasteiger partial charge in [-0.2, -0.15) is 0 Å². The van der Waals surface area contributed by atoms with Crippen molar-refractivity contribution in [1.29, 1.82) is 0 Å². The molecule has 3 rings (SSSR count). The quantitative estimate of drug-likeness (QED) is 0.723. The molecule has 0 atom stereocenters. The molecule has 0 N–H and O–H groups in total. The number of rotatable bonds is 5. The lowest BCUT2D eigenvalue weighted by Crippen LogP contribution is -2.29. The van der Waals surface area contributed by atoms with Gasteiger partial charge in [-0.25, -0.2) is 4.98 Å². The second kappa shape index (κ2) is 6.25. The third kappa shape index (κ3) is 2.72. The molecule has 22 heavy (non-hydrogen) atoms. The summed E-state index contributed by atoms with van der Waals surface area (Å²) in [5.41, 5.74) is 1.85. The van der Waals surface area contributed by atoms with Crippen LogP contribution in [-0.4, -0.2) is 48.3 Å². The van der Waals surface area contributed by atoms with E-state index in [0.29, 0.717) is 30.0 Å². The molecule has 2 aromatic heterocycles. The van der Waals surface area contributed by atoms with Gasteiger partial charge in [0.15, 0.2) is 5.58 Å². The number of ether oxygens (including phenoxy) is 1. The van der Waals surface area contributed by atoms with Gasteiger partial charge in [0.1, 0.15) is 10.7 Å². The molecule has 0 spiro atoms. The van der Waals surface area contributed by atoms with E-state index in [1.54, 1.807) is 37.4 Å². The lowest BCUT2D eigenvalue weighted by atomic mass is 10.1. The minimum Gasteiger partial charge on any atom is -0.383 e. The Hall–Kier alpha value is -2.25. The number of methoxy groups -OCH3 is 1. The van der Waals surface area contributed by atoms with Crippen molar-refractivity contribution in [1.82, 2.24) is 15.0 Å². The first kappa shape index (κ1) is 14.7. The molecule has 0 fully saturated rings. The van der Waals surface area contributed by atoms with Crippen molar-refractivity contribution >= 4 is 28.2 Å². The maximum Gasteiger partial charge on any atom is 0.253 e. The number of benzene rings is 1. The van der Waals surface area contributed by atoms with E-state index in [0.717, 1.165) is 10.4 Å². The molecular weight excluding hydrogens is 302 g/mol. The molecule has 0 aliphatic carbocycles. The van der Waals surface area contributed by atoms with Crippen LogP contribution < -0.4 is 0 Å². The van der Waals surface area contributed by atoms with Crippen molar-refractivity contribution < 1.29 is 14.1 Å². The standard InChI is InChI=1S/C15H15N3O3S/c1-18(6-7-20-2)15(19)10-3-4-11-12(9-10)21-17-13(11)14-16-5-8-22-14/h3-5,8-9H,6-7H2,1-2H3. The normalized spacial score (nSPS) is 11.0. The van der Waals surface area contributed by atoms with Crippen LogP contribution in [0.1, 0.15) is 10.4 Å². The van der Waals surface area contributed by atoms with Gasteiger partial charge >= 0.3 is 0 Å². The van der Waals surface area contributed by atoms with E-state index in [-0.39, 0.29) is 5.91 Å². The number of hydrogen-bond donors (Lipinski definition) is 0. The van der Waals surface area contributed by atoms with E-state index in [4.69, 9.17) is 9.26 Å². The SMILES string of the molecule is COCCN(C)C(=O)c1ccc2c(-c3nccs3)noc2c1. The molecule has 1 aromatic carbocycles. The largest absolute Gasteiger partial charge is 0.383 e. The first-order valence-corrected chi connectivity index (χ1v) is 7.62. The molecule has 7 heteroatoms. The summed E-state index contributed by atoms with van der Waals surface area (Å²) in [5.74, 6) is -0.0776. The molecule has 0 unspecified atom stereocenters. The molecule has 6 nitrogen and oxygen atoms in total. The number of carbonyl (C=O) groups is 1. The van der Waals surface area contributed by atoms with Gasteiger partial charge in [-0.1, -0.05) is 5.16 Å². The van der Waals surface area contributed by atoms with Gasteiger partial charge in [0, 0.05) is 37.8 Å². The summed E-state index contributed by atoms with van der Waals surface area (Å²) in [7, 11) is 3.35. The molecule has 0 saturated heterocycles. The van der Waals surface area contributed by atoms with Gasteiger partial charge in [-0.05, 0) is 18.2 Å². The number of thiazole rings is 1. The van der Waals surface area contributed by atoms with Crippen LogP contribution in [0, 0.1) is 0 Å². The first-order chi connectivity index (χ1) is 10.7. The summed E-state index contributed by atoms with van der Waals surface area (Å²) in [6.45, 7) is 1.04. The zero-order valence-corrected chi connectivity index (χ0v) is 13.1. The third-order valence-electron chi connectivity index (χ3n) is 3.33. The molecular formula is C15H15N3O3S. The highest BCUT2D eigenvalue weighted by molar-refractivity contribution is 7.13. The minimum absolute atomic E-state index is 0.0776. The van der Waals surface area contributed by atoms with Crippen LogP contribution in [0.3, 0.4) is 0 Å². The topological polar surface area (TPSA) is 68.5 Å². The average Bonchev–Trinajstić information content (AvgIpc) is 3.19. The smallest absolute Gasteiger partial charge is 0.253 e. The van der Waals surface area contributed by atoms with E-state index >= 15 is 0 Å². The molecule has 0 bridgehead atoms. The van der Waals surface area contributed by atoms with Crippen molar-refractivity contribution in [3.8, 4) is 10.7 Å².